The van der Waals surface area contributed by atoms with Crippen molar-refractivity contribution in [1.29, 1.82) is 0 Å². The maximum absolute atomic E-state index is 11.4. The van der Waals surface area contributed by atoms with Crippen LogP contribution in [-0.2, 0) is 4.74 Å². The molecule has 136 valence electrons. The van der Waals surface area contributed by atoms with E-state index in [0.29, 0.717) is 0 Å². The van der Waals surface area contributed by atoms with Gasteiger partial charge in [-0.05, 0) is 0 Å². The minimum atomic E-state index is -2.34. The molecule has 3 nitrogen and oxygen atoms in total. The number of ether oxygens (including phenoxy) is 1. The molecule has 0 radical (unpaired) electrons. The zero-order valence-corrected chi connectivity index (χ0v) is 18.8. The number of anilines is 1. The number of carbonyl (C=O) groups excluding carboxylic acids is 1. The quantitative estimate of drug-likeness (QED) is 0.434. The van der Waals surface area contributed by atoms with E-state index in [1.807, 2.05) is 0 Å². The van der Waals surface area contributed by atoms with Gasteiger partial charge in [-0.3, -0.25) is 0 Å². The molecule has 0 aliphatic carbocycles. The average Bonchev–Trinajstić information content (AvgIpc) is 2.62. The molecular formula is C20H35NO2Sn. The Morgan fingerprint density at radius 3 is 1.75 bits per heavy atom. The van der Waals surface area contributed by atoms with Crippen molar-refractivity contribution in [2.75, 3.05) is 12.4 Å². The van der Waals surface area contributed by atoms with Crippen LogP contribution in [0.3, 0.4) is 0 Å². The summed E-state index contributed by atoms with van der Waals surface area (Å²) in [4.78, 5) is 11.4. The van der Waals surface area contributed by atoms with Crippen molar-refractivity contribution in [3.8, 4) is 0 Å². The van der Waals surface area contributed by atoms with Crippen LogP contribution in [0.15, 0.2) is 24.3 Å². The van der Waals surface area contributed by atoms with E-state index in [1.54, 1.807) is 3.58 Å². The second-order valence-corrected chi connectivity index (χ2v) is 20.0. The molecule has 24 heavy (non-hydrogen) atoms. The third kappa shape index (κ3) is 6.65. The molecule has 1 rings (SSSR count). The van der Waals surface area contributed by atoms with Crippen LogP contribution in [0, 0.1) is 0 Å². The van der Waals surface area contributed by atoms with Crippen LogP contribution in [0.25, 0.3) is 0 Å². The van der Waals surface area contributed by atoms with Gasteiger partial charge in [0.05, 0.1) is 0 Å². The van der Waals surface area contributed by atoms with Crippen molar-refractivity contribution in [2.24, 2.45) is 0 Å². The van der Waals surface area contributed by atoms with Gasteiger partial charge in [-0.25, -0.2) is 0 Å². The van der Waals surface area contributed by atoms with Gasteiger partial charge in [0, 0.05) is 0 Å². The van der Waals surface area contributed by atoms with E-state index in [2.05, 4.69) is 55.1 Å². The molecule has 4 heteroatoms. The van der Waals surface area contributed by atoms with Crippen LogP contribution in [0.2, 0.25) is 13.3 Å². The number of carbonyl (C=O) groups is 1. The Kier molecular flexibility index (Phi) is 10.5. The molecule has 0 aliphatic rings. The molecule has 1 aromatic rings. The van der Waals surface area contributed by atoms with Crippen LogP contribution in [0.1, 0.15) is 59.3 Å². The van der Waals surface area contributed by atoms with Crippen molar-refractivity contribution in [1.82, 2.24) is 0 Å². The Labute approximate surface area is 152 Å². The van der Waals surface area contributed by atoms with E-state index in [0.717, 1.165) is 5.69 Å². The third-order valence-corrected chi connectivity index (χ3v) is 20.6. The third-order valence-electron chi connectivity index (χ3n) is 4.96. The van der Waals surface area contributed by atoms with Crippen molar-refractivity contribution >= 4 is 33.7 Å². The van der Waals surface area contributed by atoms with Crippen LogP contribution in [0.5, 0.6) is 0 Å². The Balaban J connectivity index is 3.03. The molecular weight excluding hydrogens is 405 g/mol. The Morgan fingerprint density at radius 2 is 1.38 bits per heavy atom. The fourth-order valence-corrected chi connectivity index (χ4v) is 19.4. The molecule has 0 aliphatic heterocycles. The average molecular weight is 440 g/mol. The number of nitrogens with one attached hydrogen (secondary N) is 1. The summed E-state index contributed by atoms with van der Waals surface area (Å²) in [6, 6.07) is 8.70. The molecule has 0 saturated heterocycles. The van der Waals surface area contributed by atoms with Crippen LogP contribution in [-0.4, -0.2) is 31.6 Å². The zero-order valence-electron chi connectivity index (χ0n) is 16.0. The SMILES string of the molecule is CCC[CH2][Sn]([CH2]CCC)([CH2]CCC)[c]1ccc(NC(=O)OC)cc1. The van der Waals surface area contributed by atoms with Gasteiger partial charge in [-0.15, -0.1) is 0 Å². The first-order valence-corrected chi connectivity index (χ1v) is 17.1. The van der Waals surface area contributed by atoms with E-state index in [-0.39, 0.29) is 0 Å². The van der Waals surface area contributed by atoms with Crippen LogP contribution < -0.4 is 8.90 Å². The first kappa shape index (κ1) is 21.3. The molecule has 0 bridgehead atoms. The second kappa shape index (κ2) is 11.8. The number of amides is 1. The van der Waals surface area contributed by atoms with Crippen molar-refractivity contribution < 1.29 is 9.53 Å². The van der Waals surface area contributed by atoms with Crippen molar-refractivity contribution in [3.05, 3.63) is 24.3 Å². The molecule has 1 amide bonds. The fourth-order valence-electron chi connectivity index (χ4n) is 3.43. The Bertz CT molecular complexity index is 451. The Morgan fingerprint density at radius 1 is 0.917 bits per heavy atom. The van der Waals surface area contributed by atoms with Gasteiger partial charge in [0.25, 0.3) is 0 Å². The van der Waals surface area contributed by atoms with Crippen LogP contribution >= 0.6 is 0 Å². The molecule has 1 aromatic carbocycles. The monoisotopic (exact) mass is 441 g/mol. The number of benzene rings is 1. The van der Waals surface area contributed by atoms with Crippen molar-refractivity contribution in [2.45, 2.75) is 72.6 Å². The number of hydrogen-bond donors (Lipinski definition) is 1. The molecule has 0 saturated carbocycles. The molecule has 0 heterocycles. The van der Waals surface area contributed by atoms with Crippen molar-refractivity contribution in [3.63, 3.8) is 0 Å². The topological polar surface area (TPSA) is 38.3 Å². The van der Waals surface area contributed by atoms with E-state index in [4.69, 9.17) is 0 Å². The predicted molar refractivity (Wildman–Crippen MR) is 107 cm³/mol. The summed E-state index contributed by atoms with van der Waals surface area (Å²) < 4.78 is 10.7. The van der Waals surface area contributed by atoms with Crippen LogP contribution in [0.4, 0.5) is 10.5 Å². The summed E-state index contributed by atoms with van der Waals surface area (Å²) in [6.07, 6.45) is 7.57. The van der Waals surface area contributed by atoms with E-state index in [9.17, 15) is 4.79 Å². The predicted octanol–water partition coefficient (Wildman–Crippen LogP) is 5.92. The standard InChI is InChI=1S/C8H8NO2.3C4H9.Sn/c1-11-8(10)9-7-5-3-2-4-6-7;3*1-3-4-2;/h3-6H,1H3,(H,9,10);3*1,3-4H2,2H3;. The molecule has 1 N–H and O–H groups in total. The van der Waals surface area contributed by atoms with Gasteiger partial charge in [-0.1, -0.05) is 0 Å². The molecule has 0 aromatic heterocycles. The van der Waals surface area contributed by atoms with Gasteiger partial charge in [0.15, 0.2) is 0 Å². The molecule has 0 unspecified atom stereocenters. The number of rotatable bonds is 11. The fraction of sp³-hybridized carbons (Fsp3) is 0.650. The summed E-state index contributed by atoms with van der Waals surface area (Å²) in [6.45, 7) is 6.92. The maximum atomic E-state index is 11.4. The minimum absolute atomic E-state index is 0.402. The summed E-state index contributed by atoms with van der Waals surface area (Å²) in [5.41, 5.74) is 0.826. The second-order valence-electron chi connectivity index (χ2n) is 6.78. The van der Waals surface area contributed by atoms with E-state index >= 15 is 0 Å². The van der Waals surface area contributed by atoms with Gasteiger partial charge < -0.3 is 0 Å². The molecule has 0 atom stereocenters. The molecule has 0 spiro atoms. The van der Waals surface area contributed by atoms with Gasteiger partial charge in [0.1, 0.15) is 0 Å². The summed E-state index contributed by atoms with van der Waals surface area (Å²) in [7, 11) is 1.39. The number of unbranched alkanes of at least 4 members (excludes halogenated alkanes) is 3. The number of methoxy groups -OCH3 is 1. The first-order valence-electron chi connectivity index (χ1n) is 9.57. The van der Waals surface area contributed by atoms with E-state index < -0.39 is 24.5 Å². The van der Waals surface area contributed by atoms with Gasteiger partial charge >= 0.3 is 153 Å². The summed E-state index contributed by atoms with van der Waals surface area (Å²) in [5, 5.41) is 2.76. The zero-order chi connectivity index (χ0) is 17.8. The first-order chi connectivity index (χ1) is 11.6. The molecule has 0 fully saturated rings. The summed E-state index contributed by atoms with van der Waals surface area (Å²) in [5.74, 6) is 0. The summed E-state index contributed by atoms with van der Waals surface area (Å²) >= 11 is -2.34. The number of hydrogen-bond acceptors (Lipinski definition) is 2. The normalized spacial score (nSPS) is 11.3. The van der Waals surface area contributed by atoms with Gasteiger partial charge in [-0.2, -0.15) is 0 Å². The Hall–Kier alpha value is -0.711. The van der Waals surface area contributed by atoms with E-state index in [1.165, 1.54) is 58.9 Å². The van der Waals surface area contributed by atoms with Gasteiger partial charge in [0.2, 0.25) is 0 Å².